The van der Waals surface area contributed by atoms with Crippen LogP contribution in [0.25, 0.3) is 0 Å². The molecule has 0 unspecified atom stereocenters. The van der Waals surface area contributed by atoms with E-state index in [-0.39, 0.29) is 6.04 Å². The number of rotatable bonds is 7. The average molecular weight is 223 g/mol. The highest BCUT2D eigenvalue weighted by Gasteiger charge is 2.27. The first-order valence-electron chi connectivity index (χ1n) is 6.56. The van der Waals surface area contributed by atoms with Gasteiger partial charge in [-0.05, 0) is 39.2 Å². The van der Waals surface area contributed by atoms with Gasteiger partial charge in [0.1, 0.15) is 5.78 Å². The topological polar surface area (TPSA) is 20.3 Å². The highest BCUT2D eigenvalue weighted by Crippen LogP contribution is 2.20. The Morgan fingerprint density at radius 1 is 1.44 bits per heavy atom. The molecule has 0 aromatic rings. The van der Waals surface area contributed by atoms with E-state index in [4.69, 9.17) is 0 Å². The summed E-state index contributed by atoms with van der Waals surface area (Å²) in [7, 11) is 0. The van der Waals surface area contributed by atoms with Crippen LogP contribution < -0.4 is 0 Å². The molecule has 1 atom stereocenters. The van der Waals surface area contributed by atoms with Crippen LogP contribution in [0.1, 0.15) is 52.4 Å². The number of hydrogen-bond acceptors (Lipinski definition) is 2. The summed E-state index contributed by atoms with van der Waals surface area (Å²) in [6.45, 7) is 10.1. The van der Waals surface area contributed by atoms with Crippen molar-refractivity contribution in [3.05, 3.63) is 12.2 Å². The fourth-order valence-electron chi connectivity index (χ4n) is 2.47. The third kappa shape index (κ3) is 4.09. The molecule has 16 heavy (non-hydrogen) atoms. The summed E-state index contributed by atoms with van der Waals surface area (Å²) in [5.41, 5.74) is 1.29. The van der Waals surface area contributed by atoms with Crippen LogP contribution in [0, 0.1) is 0 Å². The van der Waals surface area contributed by atoms with Crippen LogP contribution in [0.5, 0.6) is 0 Å². The zero-order valence-corrected chi connectivity index (χ0v) is 10.8. The van der Waals surface area contributed by atoms with Crippen molar-refractivity contribution in [1.82, 2.24) is 4.90 Å². The Labute approximate surface area is 99.7 Å². The maximum atomic E-state index is 11.4. The smallest absolute Gasteiger partial charge is 0.146 e. The van der Waals surface area contributed by atoms with Crippen LogP contribution in [0.2, 0.25) is 0 Å². The quantitative estimate of drug-likeness (QED) is 0.488. The molecule has 1 aliphatic rings. The third-order valence-corrected chi connectivity index (χ3v) is 3.39. The molecule has 2 nitrogen and oxygen atoms in total. The molecule has 0 N–H and O–H groups in total. The minimum Gasteiger partial charge on any atom is -0.298 e. The van der Waals surface area contributed by atoms with Crippen molar-refractivity contribution in [2.75, 3.05) is 13.1 Å². The molecule has 0 saturated carbocycles. The Balaban J connectivity index is 2.30. The van der Waals surface area contributed by atoms with E-state index in [9.17, 15) is 4.79 Å². The van der Waals surface area contributed by atoms with E-state index in [1.165, 1.54) is 24.8 Å². The lowest BCUT2D eigenvalue weighted by molar-refractivity contribution is -0.121. The van der Waals surface area contributed by atoms with Crippen LogP contribution in [0.3, 0.4) is 0 Å². The first kappa shape index (κ1) is 13.4. The summed E-state index contributed by atoms with van der Waals surface area (Å²) in [5, 5.41) is 0. The molecule has 0 amide bonds. The second-order valence-electron chi connectivity index (χ2n) is 4.95. The van der Waals surface area contributed by atoms with Crippen molar-refractivity contribution < 1.29 is 4.79 Å². The Hall–Kier alpha value is -0.630. The molecule has 1 aliphatic heterocycles. The highest BCUT2D eigenvalue weighted by atomic mass is 16.1. The van der Waals surface area contributed by atoms with E-state index in [0.717, 1.165) is 32.4 Å². The van der Waals surface area contributed by atoms with Crippen LogP contribution in [-0.2, 0) is 4.79 Å². The van der Waals surface area contributed by atoms with Gasteiger partial charge < -0.3 is 0 Å². The number of carbonyl (C=O) groups is 1. The summed E-state index contributed by atoms with van der Waals surface area (Å²) in [6.07, 6.45) is 7.11. The van der Waals surface area contributed by atoms with Gasteiger partial charge in [-0.15, -0.1) is 0 Å². The number of ketones is 1. The zero-order valence-electron chi connectivity index (χ0n) is 10.8. The molecular formula is C14H25NO. The van der Waals surface area contributed by atoms with Crippen molar-refractivity contribution in [3.63, 3.8) is 0 Å². The van der Waals surface area contributed by atoms with E-state index in [2.05, 4.69) is 18.4 Å². The number of unbranched alkanes of at least 4 members (excludes halogenated alkanes) is 2. The standard InChI is InChI=1S/C14H25NO/c1-4-5-6-8-12(2)11-15-10-7-9-14(15)13(3)16/h14H,2,4-11H2,1,3H3/t14-/m1/s1. The van der Waals surface area contributed by atoms with Gasteiger partial charge in [0.05, 0.1) is 6.04 Å². The van der Waals surface area contributed by atoms with E-state index in [1.54, 1.807) is 6.92 Å². The Kier molecular flexibility index (Phi) is 5.75. The van der Waals surface area contributed by atoms with Gasteiger partial charge in [-0.25, -0.2) is 0 Å². The molecule has 0 spiro atoms. The monoisotopic (exact) mass is 223 g/mol. The number of hydrogen-bond donors (Lipinski definition) is 0. The molecule has 0 aliphatic carbocycles. The molecule has 0 aromatic heterocycles. The van der Waals surface area contributed by atoms with Gasteiger partial charge in [0.15, 0.2) is 0 Å². The molecule has 1 heterocycles. The van der Waals surface area contributed by atoms with Gasteiger partial charge in [0.25, 0.3) is 0 Å². The predicted molar refractivity (Wildman–Crippen MR) is 68.6 cm³/mol. The molecule has 0 aromatic carbocycles. The molecule has 1 saturated heterocycles. The normalized spacial score (nSPS) is 21.2. The Bertz CT molecular complexity index is 247. The largest absolute Gasteiger partial charge is 0.298 e. The molecule has 1 rings (SSSR count). The molecule has 1 fully saturated rings. The Morgan fingerprint density at radius 3 is 2.81 bits per heavy atom. The van der Waals surface area contributed by atoms with Crippen molar-refractivity contribution in [3.8, 4) is 0 Å². The summed E-state index contributed by atoms with van der Waals surface area (Å²) >= 11 is 0. The fourth-order valence-corrected chi connectivity index (χ4v) is 2.47. The second kappa shape index (κ2) is 6.85. The second-order valence-corrected chi connectivity index (χ2v) is 4.95. The number of Topliss-reactive ketones (excluding diaryl/α,β-unsaturated/α-hetero) is 1. The lowest BCUT2D eigenvalue weighted by Crippen LogP contribution is -2.35. The number of carbonyl (C=O) groups excluding carboxylic acids is 1. The first-order valence-corrected chi connectivity index (χ1v) is 6.56. The molecule has 0 bridgehead atoms. The van der Waals surface area contributed by atoms with Crippen LogP contribution in [0.15, 0.2) is 12.2 Å². The SMILES string of the molecule is C=C(CCCCC)CN1CCC[C@@H]1C(C)=O. The van der Waals surface area contributed by atoms with Gasteiger partial charge in [0.2, 0.25) is 0 Å². The van der Waals surface area contributed by atoms with Crippen molar-refractivity contribution in [2.24, 2.45) is 0 Å². The van der Waals surface area contributed by atoms with Crippen molar-refractivity contribution >= 4 is 5.78 Å². The van der Waals surface area contributed by atoms with Gasteiger partial charge in [-0.1, -0.05) is 31.9 Å². The summed E-state index contributed by atoms with van der Waals surface area (Å²) in [6, 6.07) is 0.169. The van der Waals surface area contributed by atoms with E-state index in [0.29, 0.717) is 5.78 Å². The summed E-state index contributed by atoms with van der Waals surface area (Å²) in [5.74, 6) is 0.318. The maximum absolute atomic E-state index is 11.4. The Morgan fingerprint density at radius 2 is 2.19 bits per heavy atom. The molecule has 2 heteroatoms. The van der Waals surface area contributed by atoms with Gasteiger partial charge in [-0.3, -0.25) is 9.69 Å². The van der Waals surface area contributed by atoms with Gasteiger partial charge >= 0.3 is 0 Å². The van der Waals surface area contributed by atoms with Crippen LogP contribution >= 0.6 is 0 Å². The number of likely N-dealkylation sites (tertiary alicyclic amines) is 1. The average Bonchev–Trinajstić information content (AvgIpc) is 2.66. The predicted octanol–water partition coefficient (Wildman–Crippen LogP) is 3.18. The van der Waals surface area contributed by atoms with Crippen LogP contribution in [-0.4, -0.2) is 29.8 Å². The first-order chi connectivity index (χ1) is 7.65. The van der Waals surface area contributed by atoms with E-state index < -0.39 is 0 Å². The lowest BCUT2D eigenvalue weighted by Gasteiger charge is -2.23. The molecule has 0 radical (unpaired) electrons. The zero-order chi connectivity index (χ0) is 12.0. The minimum absolute atomic E-state index is 0.169. The maximum Gasteiger partial charge on any atom is 0.146 e. The highest BCUT2D eigenvalue weighted by molar-refractivity contribution is 5.81. The van der Waals surface area contributed by atoms with E-state index in [1.807, 2.05) is 0 Å². The van der Waals surface area contributed by atoms with Crippen molar-refractivity contribution in [2.45, 2.75) is 58.4 Å². The fraction of sp³-hybridized carbons (Fsp3) is 0.786. The van der Waals surface area contributed by atoms with Crippen molar-refractivity contribution in [1.29, 1.82) is 0 Å². The third-order valence-electron chi connectivity index (χ3n) is 3.39. The molecular weight excluding hydrogens is 198 g/mol. The van der Waals surface area contributed by atoms with Gasteiger partial charge in [-0.2, -0.15) is 0 Å². The van der Waals surface area contributed by atoms with Crippen LogP contribution in [0.4, 0.5) is 0 Å². The minimum atomic E-state index is 0.169. The van der Waals surface area contributed by atoms with E-state index >= 15 is 0 Å². The number of nitrogens with zero attached hydrogens (tertiary/aromatic N) is 1. The van der Waals surface area contributed by atoms with Gasteiger partial charge in [0, 0.05) is 6.54 Å². The summed E-state index contributed by atoms with van der Waals surface area (Å²) in [4.78, 5) is 13.7. The summed E-state index contributed by atoms with van der Waals surface area (Å²) < 4.78 is 0. The molecule has 92 valence electrons. The lowest BCUT2D eigenvalue weighted by atomic mass is 10.1.